The maximum absolute atomic E-state index is 11.8. The van der Waals surface area contributed by atoms with Gasteiger partial charge in [-0.15, -0.1) is 12.4 Å². The fourth-order valence-electron chi connectivity index (χ4n) is 2.02. The smallest absolute Gasteiger partial charge is 0.237 e. The molecule has 2 N–H and O–H groups in total. The second-order valence-corrected chi connectivity index (χ2v) is 4.29. The third-order valence-electron chi connectivity index (χ3n) is 3.09. The molecule has 0 spiro atoms. The molecule has 4 heteroatoms. The number of benzene rings is 1. The fraction of sp³-hybridized carbons (Fsp3) is 0.462. The first kappa shape index (κ1) is 14.0. The predicted molar refractivity (Wildman–Crippen MR) is 71.3 cm³/mol. The van der Waals surface area contributed by atoms with Gasteiger partial charge in [-0.2, -0.15) is 0 Å². The summed E-state index contributed by atoms with van der Waals surface area (Å²) in [6, 6.07) is 8.15. The van der Waals surface area contributed by atoms with Crippen LogP contribution in [0.4, 0.5) is 0 Å². The van der Waals surface area contributed by atoms with E-state index in [1.165, 1.54) is 11.1 Å². The van der Waals surface area contributed by atoms with Gasteiger partial charge in [0.2, 0.25) is 5.91 Å². The van der Waals surface area contributed by atoms with E-state index in [-0.39, 0.29) is 24.4 Å². The minimum absolute atomic E-state index is 0. The normalized spacial score (nSPS) is 18.5. The zero-order valence-electron chi connectivity index (χ0n) is 10.0. The van der Waals surface area contributed by atoms with Gasteiger partial charge in [0.1, 0.15) is 0 Å². The molecule has 1 fully saturated rings. The molecule has 0 aliphatic carbocycles. The standard InChI is InChI=1S/C13H18N2O.ClH/c1-10-5-2-3-6-11(10)9-15-13(16)12-7-4-8-14-12;/h2-3,5-6,12,14H,4,7-9H2,1H3,(H,15,16);1H/t12-;/m0./s1. The van der Waals surface area contributed by atoms with Gasteiger partial charge in [0, 0.05) is 6.54 Å². The van der Waals surface area contributed by atoms with Crippen molar-refractivity contribution < 1.29 is 4.79 Å². The molecule has 1 saturated heterocycles. The summed E-state index contributed by atoms with van der Waals surface area (Å²) in [7, 11) is 0. The molecule has 1 aliphatic rings. The number of hydrogen-bond acceptors (Lipinski definition) is 2. The predicted octanol–water partition coefficient (Wildman–Crippen LogP) is 1.79. The molecule has 3 nitrogen and oxygen atoms in total. The van der Waals surface area contributed by atoms with E-state index in [0.717, 1.165) is 19.4 Å². The van der Waals surface area contributed by atoms with Crippen molar-refractivity contribution in [1.82, 2.24) is 10.6 Å². The Morgan fingerprint density at radius 2 is 2.24 bits per heavy atom. The number of aryl methyl sites for hydroxylation is 1. The van der Waals surface area contributed by atoms with E-state index in [1.54, 1.807) is 0 Å². The van der Waals surface area contributed by atoms with Gasteiger partial charge in [0.25, 0.3) is 0 Å². The van der Waals surface area contributed by atoms with Gasteiger partial charge >= 0.3 is 0 Å². The van der Waals surface area contributed by atoms with Gasteiger partial charge in [-0.1, -0.05) is 24.3 Å². The van der Waals surface area contributed by atoms with E-state index in [2.05, 4.69) is 29.7 Å². The molecule has 1 heterocycles. The molecule has 0 unspecified atom stereocenters. The zero-order valence-corrected chi connectivity index (χ0v) is 10.8. The van der Waals surface area contributed by atoms with Crippen LogP contribution in [0, 0.1) is 6.92 Å². The monoisotopic (exact) mass is 254 g/mol. The van der Waals surface area contributed by atoms with Gasteiger partial charge in [-0.05, 0) is 37.4 Å². The third-order valence-corrected chi connectivity index (χ3v) is 3.09. The van der Waals surface area contributed by atoms with Crippen molar-refractivity contribution in [1.29, 1.82) is 0 Å². The maximum Gasteiger partial charge on any atom is 0.237 e. The lowest BCUT2D eigenvalue weighted by molar-refractivity contribution is -0.122. The van der Waals surface area contributed by atoms with Gasteiger partial charge in [0.15, 0.2) is 0 Å². The number of carbonyl (C=O) groups excluding carboxylic acids is 1. The van der Waals surface area contributed by atoms with Gasteiger partial charge < -0.3 is 10.6 Å². The molecule has 2 rings (SSSR count). The number of hydrogen-bond donors (Lipinski definition) is 2. The molecule has 0 saturated carbocycles. The van der Waals surface area contributed by atoms with Crippen LogP contribution in [0.15, 0.2) is 24.3 Å². The molecule has 0 bridgehead atoms. The average molecular weight is 255 g/mol. The largest absolute Gasteiger partial charge is 0.351 e. The van der Waals surface area contributed by atoms with Crippen LogP contribution >= 0.6 is 12.4 Å². The summed E-state index contributed by atoms with van der Waals surface area (Å²) < 4.78 is 0. The molecule has 1 amide bonds. The first-order chi connectivity index (χ1) is 7.77. The molecule has 1 aromatic carbocycles. The summed E-state index contributed by atoms with van der Waals surface area (Å²) in [6.45, 7) is 3.65. The number of carbonyl (C=O) groups is 1. The SMILES string of the molecule is Cc1ccccc1CNC(=O)[C@@H]1CCCN1.Cl. The summed E-state index contributed by atoms with van der Waals surface area (Å²) in [5, 5.41) is 6.18. The maximum atomic E-state index is 11.8. The summed E-state index contributed by atoms with van der Waals surface area (Å²) in [5.74, 6) is 0.126. The lowest BCUT2D eigenvalue weighted by atomic mass is 10.1. The molecule has 0 radical (unpaired) electrons. The second-order valence-electron chi connectivity index (χ2n) is 4.29. The van der Waals surface area contributed by atoms with E-state index in [0.29, 0.717) is 6.54 Å². The van der Waals surface area contributed by atoms with E-state index >= 15 is 0 Å². The Labute approximate surface area is 108 Å². The lowest BCUT2D eigenvalue weighted by Gasteiger charge is -2.12. The number of amides is 1. The lowest BCUT2D eigenvalue weighted by Crippen LogP contribution is -2.40. The molecule has 1 atom stereocenters. The van der Waals surface area contributed by atoms with Crippen molar-refractivity contribution in [3.63, 3.8) is 0 Å². The average Bonchev–Trinajstić information content (AvgIpc) is 2.81. The van der Waals surface area contributed by atoms with Crippen LogP contribution in [0.25, 0.3) is 0 Å². The van der Waals surface area contributed by atoms with Crippen LogP contribution in [-0.2, 0) is 11.3 Å². The number of halogens is 1. The highest BCUT2D eigenvalue weighted by atomic mass is 35.5. The number of rotatable bonds is 3. The molecular weight excluding hydrogens is 236 g/mol. The Kier molecular flexibility index (Phi) is 5.45. The number of nitrogens with one attached hydrogen (secondary N) is 2. The van der Waals surface area contributed by atoms with Crippen LogP contribution in [0.2, 0.25) is 0 Å². The minimum atomic E-state index is 0. The van der Waals surface area contributed by atoms with Gasteiger partial charge in [-0.25, -0.2) is 0 Å². The Hall–Kier alpha value is -1.06. The van der Waals surface area contributed by atoms with Crippen molar-refractivity contribution in [3.05, 3.63) is 35.4 Å². The van der Waals surface area contributed by atoms with Crippen LogP contribution in [-0.4, -0.2) is 18.5 Å². The zero-order chi connectivity index (χ0) is 11.4. The Balaban J connectivity index is 0.00000144. The fourth-order valence-corrected chi connectivity index (χ4v) is 2.02. The first-order valence-corrected chi connectivity index (χ1v) is 5.83. The van der Waals surface area contributed by atoms with Crippen LogP contribution in [0.1, 0.15) is 24.0 Å². The van der Waals surface area contributed by atoms with E-state index in [1.807, 2.05) is 12.1 Å². The summed E-state index contributed by atoms with van der Waals surface area (Å²) in [6.07, 6.45) is 2.06. The van der Waals surface area contributed by atoms with Gasteiger partial charge in [0.05, 0.1) is 6.04 Å². The highest BCUT2D eigenvalue weighted by Crippen LogP contribution is 2.08. The van der Waals surface area contributed by atoms with Crippen LogP contribution in [0.3, 0.4) is 0 Å². The minimum Gasteiger partial charge on any atom is -0.351 e. The molecule has 0 aromatic heterocycles. The molecule has 1 aromatic rings. The van der Waals surface area contributed by atoms with E-state index in [9.17, 15) is 4.79 Å². The molecule has 94 valence electrons. The van der Waals surface area contributed by atoms with Crippen molar-refractivity contribution >= 4 is 18.3 Å². The van der Waals surface area contributed by atoms with Gasteiger partial charge in [-0.3, -0.25) is 4.79 Å². The Morgan fingerprint density at radius 3 is 2.88 bits per heavy atom. The van der Waals surface area contributed by atoms with Crippen molar-refractivity contribution in [2.24, 2.45) is 0 Å². The Morgan fingerprint density at radius 1 is 1.47 bits per heavy atom. The second kappa shape index (κ2) is 6.62. The van der Waals surface area contributed by atoms with Crippen molar-refractivity contribution in [2.75, 3.05) is 6.54 Å². The molecular formula is C13H19ClN2O. The first-order valence-electron chi connectivity index (χ1n) is 5.83. The summed E-state index contributed by atoms with van der Waals surface area (Å²) in [5.41, 5.74) is 2.41. The summed E-state index contributed by atoms with van der Waals surface area (Å²) >= 11 is 0. The van der Waals surface area contributed by atoms with Crippen LogP contribution < -0.4 is 10.6 Å². The molecule has 17 heavy (non-hydrogen) atoms. The van der Waals surface area contributed by atoms with Crippen molar-refractivity contribution in [3.8, 4) is 0 Å². The third kappa shape index (κ3) is 3.72. The Bertz CT molecular complexity index is 375. The molecule has 1 aliphatic heterocycles. The summed E-state index contributed by atoms with van der Waals surface area (Å²) in [4.78, 5) is 11.8. The highest BCUT2D eigenvalue weighted by molar-refractivity contribution is 5.85. The van der Waals surface area contributed by atoms with Crippen LogP contribution in [0.5, 0.6) is 0 Å². The quantitative estimate of drug-likeness (QED) is 0.864. The highest BCUT2D eigenvalue weighted by Gasteiger charge is 2.21. The van der Waals surface area contributed by atoms with Crippen molar-refractivity contribution in [2.45, 2.75) is 32.4 Å². The van der Waals surface area contributed by atoms with E-state index < -0.39 is 0 Å². The van der Waals surface area contributed by atoms with E-state index in [4.69, 9.17) is 0 Å². The topological polar surface area (TPSA) is 41.1 Å².